The summed E-state index contributed by atoms with van der Waals surface area (Å²) in [6, 6.07) is 8.49. The Kier molecular flexibility index (Phi) is 11.8. The van der Waals surface area contributed by atoms with E-state index < -0.39 is 41.6 Å². The molecule has 0 saturated carbocycles. The molecule has 314 valence electrons. The molecule has 0 radical (unpaired) electrons. The lowest BCUT2D eigenvalue weighted by molar-refractivity contribution is -0.136. The molecular weight excluding hydrogens is 816 g/mol. The largest absolute Gasteiger partial charge is 0.482 e. The molecule has 2 aromatic carbocycles. The summed E-state index contributed by atoms with van der Waals surface area (Å²) in [4.78, 5) is 73.1. The molecule has 8 rings (SSSR count). The number of piperidine rings is 2. The maximum Gasteiger partial charge on any atom is 0.264 e. The van der Waals surface area contributed by atoms with Gasteiger partial charge in [0.15, 0.2) is 11.6 Å². The van der Waals surface area contributed by atoms with Crippen molar-refractivity contribution in [1.29, 1.82) is 0 Å². The molecule has 0 spiro atoms. The van der Waals surface area contributed by atoms with E-state index in [4.69, 9.17) is 33.7 Å². The number of pyridine rings is 1. The molecule has 2 atom stereocenters. The number of nitrogens with two attached hydrogens (primary N) is 1. The molecule has 3 fully saturated rings. The maximum absolute atomic E-state index is 14.1. The standard InChI is InChI=1S/C42H44Cl2FN9O6/c1-23(36-29(43)8-9-30(45)38(36)44)60-33-17-24(18-47-39(33)46)25-19-48-53(20-25)27-12-15-51(16-13-27)14-3-2-7-35(56)52-21-26(22-52)49-31-6-4-5-28-37(31)42(59)54(41(28)58)32-10-11-34(55)50-40(32)57/h4-6,8-9,17-20,23,26-27,32,49H,2-3,7,10-16,21-22H2,1H3,(H2,46,47)(H,50,55,57)/t23-,32?/m1/s1. The van der Waals surface area contributed by atoms with Gasteiger partial charge in [-0.3, -0.25) is 38.9 Å². The molecule has 4 aliphatic rings. The third kappa shape index (κ3) is 8.27. The second kappa shape index (κ2) is 17.2. The Morgan fingerprint density at radius 3 is 2.58 bits per heavy atom. The number of carbonyl (C=O) groups is 5. The van der Waals surface area contributed by atoms with Crippen LogP contribution in [0, 0.1) is 5.82 Å². The number of unbranched alkanes of at least 4 members (excludes halogenated alkanes) is 1. The van der Waals surface area contributed by atoms with Gasteiger partial charge in [0.25, 0.3) is 11.8 Å². The summed E-state index contributed by atoms with van der Waals surface area (Å²) in [6.07, 6.45) is 8.88. The van der Waals surface area contributed by atoms with Crippen molar-refractivity contribution in [2.24, 2.45) is 0 Å². The van der Waals surface area contributed by atoms with Crippen molar-refractivity contribution in [2.75, 3.05) is 43.8 Å². The minimum atomic E-state index is -1.03. The Balaban J connectivity index is 0.757. The zero-order chi connectivity index (χ0) is 42.2. The molecule has 15 nitrogen and oxygen atoms in total. The number of benzene rings is 2. The number of likely N-dealkylation sites (tertiary alicyclic amines) is 2. The molecule has 60 heavy (non-hydrogen) atoms. The summed E-state index contributed by atoms with van der Waals surface area (Å²) in [5.74, 6) is -2.22. The van der Waals surface area contributed by atoms with Gasteiger partial charge in [-0.05, 0) is 75.9 Å². The fourth-order valence-electron chi connectivity index (χ4n) is 8.36. The number of nitrogens with one attached hydrogen (secondary N) is 2. The lowest BCUT2D eigenvalue weighted by Gasteiger charge is -2.40. The number of aromatic nitrogens is 3. The fourth-order valence-corrected chi connectivity index (χ4v) is 9.04. The van der Waals surface area contributed by atoms with Crippen molar-refractivity contribution < 1.29 is 33.1 Å². The average molecular weight is 861 g/mol. The number of nitrogens with zero attached hydrogens (tertiary/aromatic N) is 6. The SMILES string of the molecule is C[C@@H](Oc1cc(-c2cnn(C3CCN(CCCCC(=O)N4CC(Nc5cccc6c5C(=O)N(C5CCC(=O)NC5=O)C6=O)C4)CC3)c2)cnc1N)c1c(Cl)ccc(F)c1Cl. The topological polar surface area (TPSA) is 185 Å². The lowest BCUT2D eigenvalue weighted by atomic mass is 10.0. The number of nitrogen functional groups attached to an aromatic ring is 1. The number of imide groups is 2. The van der Waals surface area contributed by atoms with Gasteiger partial charge >= 0.3 is 0 Å². The second-order valence-electron chi connectivity index (χ2n) is 15.7. The highest BCUT2D eigenvalue weighted by Crippen LogP contribution is 2.38. The van der Waals surface area contributed by atoms with Gasteiger partial charge in [-0.2, -0.15) is 5.10 Å². The van der Waals surface area contributed by atoms with Crippen LogP contribution in [0.15, 0.2) is 55.0 Å². The van der Waals surface area contributed by atoms with Gasteiger partial charge in [0.2, 0.25) is 17.7 Å². The maximum atomic E-state index is 14.1. The van der Waals surface area contributed by atoms with Gasteiger partial charge in [0.05, 0.1) is 34.4 Å². The molecule has 0 bridgehead atoms. The molecule has 18 heteroatoms. The lowest BCUT2D eigenvalue weighted by Crippen LogP contribution is -2.57. The zero-order valence-electron chi connectivity index (χ0n) is 32.8. The molecule has 2 aromatic heterocycles. The van der Waals surface area contributed by atoms with Crippen LogP contribution < -0.4 is 21.1 Å². The molecule has 4 N–H and O–H groups in total. The summed E-state index contributed by atoms with van der Waals surface area (Å²) in [5.41, 5.74) is 8.98. The molecular formula is C42H44Cl2FN9O6. The number of anilines is 2. The van der Waals surface area contributed by atoms with Crippen LogP contribution in [0.3, 0.4) is 0 Å². The van der Waals surface area contributed by atoms with E-state index in [0.29, 0.717) is 36.5 Å². The van der Waals surface area contributed by atoms with Gasteiger partial charge in [-0.15, -0.1) is 0 Å². The molecule has 3 saturated heterocycles. The minimum absolute atomic E-state index is 0.0519. The van der Waals surface area contributed by atoms with Gasteiger partial charge < -0.3 is 25.6 Å². The minimum Gasteiger partial charge on any atom is -0.482 e. The van der Waals surface area contributed by atoms with Crippen molar-refractivity contribution in [3.63, 3.8) is 0 Å². The van der Waals surface area contributed by atoms with Crippen molar-refractivity contribution in [2.45, 2.75) is 76.1 Å². The van der Waals surface area contributed by atoms with Crippen LogP contribution in [0.4, 0.5) is 15.9 Å². The second-order valence-corrected chi connectivity index (χ2v) is 16.5. The molecule has 5 amide bonds. The predicted octanol–water partition coefficient (Wildman–Crippen LogP) is 5.64. The normalized spacial score (nSPS) is 19.3. The molecule has 0 aliphatic carbocycles. The summed E-state index contributed by atoms with van der Waals surface area (Å²) in [5, 5.41) is 10.4. The monoisotopic (exact) mass is 859 g/mol. The van der Waals surface area contributed by atoms with Gasteiger partial charge in [-0.1, -0.05) is 29.3 Å². The highest BCUT2D eigenvalue weighted by molar-refractivity contribution is 6.36. The molecule has 6 heterocycles. The molecule has 4 aromatic rings. The first-order valence-corrected chi connectivity index (χ1v) is 20.8. The Morgan fingerprint density at radius 2 is 1.82 bits per heavy atom. The number of amides is 5. The van der Waals surface area contributed by atoms with E-state index in [2.05, 4.69) is 25.6 Å². The summed E-state index contributed by atoms with van der Waals surface area (Å²) < 4.78 is 22.2. The van der Waals surface area contributed by atoms with E-state index in [1.807, 2.05) is 10.9 Å². The number of ether oxygens (including phenoxy) is 1. The van der Waals surface area contributed by atoms with E-state index in [9.17, 15) is 28.4 Å². The zero-order valence-corrected chi connectivity index (χ0v) is 34.3. The first-order chi connectivity index (χ1) is 28.9. The Morgan fingerprint density at radius 1 is 1.03 bits per heavy atom. The first-order valence-electron chi connectivity index (χ1n) is 20.1. The Hall–Kier alpha value is -5.58. The Bertz CT molecular complexity index is 2360. The van der Waals surface area contributed by atoms with Crippen molar-refractivity contribution in [3.8, 4) is 16.9 Å². The highest BCUT2D eigenvalue weighted by Gasteiger charge is 2.46. The van der Waals surface area contributed by atoms with Crippen LogP contribution >= 0.6 is 23.2 Å². The third-order valence-electron chi connectivity index (χ3n) is 11.7. The number of hydrogen-bond acceptors (Lipinski definition) is 11. The smallest absolute Gasteiger partial charge is 0.264 e. The number of carbonyl (C=O) groups excluding carboxylic acids is 5. The van der Waals surface area contributed by atoms with Crippen molar-refractivity contribution in [1.82, 2.24) is 34.8 Å². The third-order valence-corrected chi connectivity index (χ3v) is 12.4. The Labute approximate surface area is 355 Å². The first kappa shape index (κ1) is 41.2. The number of hydrogen-bond donors (Lipinski definition) is 3. The number of rotatable bonds is 13. The summed E-state index contributed by atoms with van der Waals surface area (Å²) >= 11 is 12.5. The van der Waals surface area contributed by atoms with Crippen LogP contribution in [-0.2, 0) is 14.4 Å². The highest BCUT2D eigenvalue weighted by atomic mass is 35.5. The quantitative estimate of drug-likeness (QED) is 0.0859. The van der Waals surface area contributed by atoms with Crippen LogP contribution in [0.5, 0.6) is 5.75 Å². The summed E-state index contributed by atoms with van der Waals surface area (Å²) in [7, 11) is 0. The van der Waals surface area contributed by atoms with Crippen LogP contribution in [0.2, 0.25) is 10.0 Å². The fraction of sp³-hybridized carbons (Fsp3) is 0.405. The number of fused-ring (bicyclic) bond motifs is 1. The number of halogens is 3. The van der Waals surface area contributed by atoms with E-state index >= 15 is 0 Å². The van der Waals surface area contributed by atoms with E-state index in [1.165, 1.54) is 12.1 Å². The van der Waals surface area contributed by atoms with Crippen molar-refractivity contribution >= 4 is 64.2 Å². The van der Waals surface area contributed by atoms with Crippen LogP contribution in [0.1, 0.15) is 90.3 Å². The van der Waals surface area contributed by atoms with E-state index in [1.54, 1.807) is 48.5 Å². The van der Waals surface area contributed by atoms with Crippen LogP contribution in [0.25, 0.3) is 11.1 Å². The summed E-state index contributed by atoms with van der Waals surface area (Å²) in [6.45, 7) is 5.41. The van der Waals surface area contributed by atoms with E-state index in [-0.39, 0.29) is 57.8 Å². The molecule has 1 unspecified atom stereocenters. The molecule has 4 aliphatic heterocycles. The average Bonchev–Trinajstić information content (AvgIpc) is 3.80. The van der Waals surface area contributed by atoms with Crippen molar-refractivity contribution in [3.05, 3.63) is 87.5 Å². The van der Waals surface area contributed by atoms with Gasteiger partial charge in [0.1, 0.15) is 18.0 Å². The van der Waals surface area contributed by atoms with Gasteiger partial charge in [-0.25, -0.2) is 9.37 Å². The van der Waals surface area contributed by atoms with Crippen LogP contribution in [-0.4, -0.2) is 104 Å². The van der Waals surface area contributed by atoms with E-state index in [0.717, 1.165) is 61.3 Å². The van der Waals surface area contributed by atoms with Gasteiger partial charge in [0, 0.05) is 78.8 Å². The predicted molar refractivity (Wildman–Crippen MR) is 221 cm³/mol.